The number of carbonyl (C=O) groups excluding carboxylic acids is 2. The van der Waals surface area contributed by atoms with E-state index < -0.39 is 0 Å². The molecule has 1 aliphatic carbocycles. The molecule has 0 atom stereocenters. The SMILES string of the molecule is O=C(c1cccc2ccc(=O)[nH]c12)N1CCN(c2ccc(OC3CCN(C4CCC4)CC3)cc2)C(=O)C1. The van der Waals surface area contributed by atoms with E-state index in [1.807, 2.05) is 30.3 Å². The first kappa shape index (κ1) is 23.7. The van der Waals surface area contributed by atoms with Gasteiger partial charge in [-0.3, -0.25) is 14.4 Å². The second-order valence-electron chi connectivity index (χ2n) is 10.3. The van der Waals surface area contributed by atoms with Crippen molar-refractivity contribution in [2.24, 2.45) is 0 Å². The number of piperidine rings is 1. The van der Waals surface area contributed by atoms with Crippen LogP contribution in [0.5, 0.6) is 5.75 Å². The predicted molar refractivity (Wildman–Crippen MR) is 142 cm³/mol. The topological polar surface area (TPSA) is 85.9 Å². The van der Waals surface area contributed by atoms with Crippen LogP contribution in [0.15, 0.2) is 59.4 Å². The third-order valence-corrected chi connectivity index (χ3v) is 8.02. The van der Waals surface area contributed by atoms with Crippen LogP contribution in [0.25, 0.3) is 10.9 Å². The number of anilines is 1. The Balaban J connectivity index is 1.06. The molecule has 1 saturated carbocycles. The van der Waals surface area contributed by atoms with E-state index in [2.05, 4.69) is 9.88 Å². The Morgan fingerprint density at radius 3 is 2.35 bits per heavy atom. The number of aromatic nitrogens is 1. The van der Waals surface area contributed by atoms with Gasteiger partial charge in [0.05, 0.1) is 11.1 Å². The number of carbonyl (C=O) groups is 2. The molecule has 2 saturated heterocycles. The van der Waals surface area contributed by atoms with Gasteiger partial charge < -0.3 is 24.4 Å². The minimum absolute atomic E-state index is 0.00982. The Bertz CT molecular complexity index is 1360. The largest absolute Gasteiger partial charge is 0.490 e. The van der Waals surface area contributed by atoms with E-state index in [1.54, 1.807) is 28.0 Å². The number of piperazine rings is 1. The standard InChI is InChI=1S/C29H32N4O4/c34-26-12-7-20-3-1-6-25(28(20)30-26)29(36)32-17-18-33(27(35)19-32)22-8-10-23(11-9-22)37-24-13-15-31(16-14-24)21-4-2-5-21/h1,3,6-12,21,24H,2,4-5,13-19H2,(H,30,34). The van der Waals surface area contributed by atoms with Crippen molar-refractivity contribution in [3.05, 3.63) is 70.5 Å². The summed E-state index contributed by atoms with van der Waals surface area (Å²) in [7, 11) is 0. The van der Waals surface area contributed by atoms with Crippen molar-refractivity contribution in [3.63, 3.8) is 0 Å². The number of H-pyrrole nitrogens is 1. The smallest absolute Gasteiger partial charge is 0.256 e. The highest BCUT2D eigenvalue weighted by Gasteiger charge is 2.31. The number of pyridine rings is 1. The molecular weight excluding hydrogens is 468 g/mol. The Labute approximate surface area is 215 Å². The number of aromatic amines is 1. The van der Waals surface area contributed by atoms with Gasteiger partial charge in [0.1, 0.15) is 18.4 Å². The number of ether oxygens (including phenoxy) is 1. The first-order chi connectivity index (χ1) is 18.0. The fraction of sp³-hybridized carbons (Fsp3) is 0.414. The molecule has 2 amide bonds. The molecule has 0 bridgehead atoms. The van der Waals surface area contributed by atoms with E-state index in [0.29, 0.717) is 24.2 Å². The Hall–Kier alpha value is -3.65. The van der Waals surface area contributed by atoms with E-state index in [1.165, 1.54) is 25.3 Å². The zero-order valence-corrected chi connectivity index (χ0v) is 20.9. The number of nitrogens with zero attached hydrogens (tertiary/aromatic N) is 3. The zero-order valence-electron chi connectivity index (χ0n) is 20.9. The quantitative estimate of drug-likeness (QED) is 0.580. The molecule has 2 aromatic carbocycles. The fourth-order valence-electron chi connectivity index (χ4n) is 5.65. The molecule has 3 fully saturated rings. The van der Waals surface area contributed by atoms with E-state index in [0.717, 1.165) is 48.8 Å². The predicted octanol–water partition coefficient (Wildman–Crippen LogP) is 3.41. The lowest BCUT2D eigenvalue weighted by atomic mass is 9.90. The number of hydrogen-bond donors (Lipinski definition) is 1. The van der Waals surface area contributed by atoms with Crippen molar-refractivity contribution in [3.8, 4) is 5.75 Å². The maximum absolute atomic E-state index is 13.2. The minimum atomic E-state index is -0.264. The van der Waals surface area contributed by atoms with Gasteiger partial charge in [0.2, 0.25) is 11.5 Å². The van der Waals surface area contributed by atoms with E-state index in [9.17, 15) is 14.4 Å². The zero-order chi connectivity index (χ0) is 25.4. The molecule has 8 heteroatoms. The molecule has 2 aliphatic heterocycles. The molecule has 0 radical (unpaired) electrons. The summed E-state index contributed by atoms with van der Waals surface area (Å²) in [5.74, 6) is 0.440. The lowest BCUT2D eigenvalue weighted by molar-refractivity contribution is -0.120. The van der Waals surface area contributed by atoms with Crippen LogP contribution in [0.3, 0.4) is 0 Å². The first-order valence-corrected chi connectivity index (χ1v) is 13.3. The maximum Gasteiger partial charge on any atom is 0.256 e. The number of rotatable bonds is 5. The van der Waals surface area contributed by atoms with Crippen molar-refractivity contribution in [2.45, 2.75) is 44.2 Å². The number of nitrogens with one attached hydrogen (secondary N) is 1. The molecule has 3 aromatic rings. The number of hydrogen-bond acceptors (Lipinski definition) is 5. The average Bonchev–Trinajstić information content (AvgIpc) is 2.88. The molecular formula is C29H32N4O4. The van der Waals surface area contributed by atoms with Gasteiger partial charge in [-0.2, -0.15) is 0 Å². The van der Waals surface area contributed by atoms with Crippen LogP contribution in [0.2, 0.25) is 0 Å². The summed E-state index contributed by atoms with van der Waals surface area (Å²) in [5, 5.41) is 0.779. The number of benzene rings is 2. The van der Waals surface area contributed by atoms with Crippen LogP contribution in [-0.4, -0.2) is 71.5 Å². The second-order valence-corrected chi connectivity index (χ2v) is 10.3. The molecule has 3 heterocycles. The normalized spacial score (nSPS) is 19.7. The lowest BCUT2D eigenvalue weighted by Gasteiger charge is -2.41. The average molecular weight is 501 g/mol. The summed E-state index contributed by atoms with van der Waals surface area (Å²) in [6.07, 6.45) is 6.40. The molecule has 3 aliphatic rings. The summed E-state index contributed by atoms with van der Waals surface area (Å²) in [6.45, 7) is 3.03. The van der Waals surface area contributed by atoms with Crippen LogP contribution in [-0.2, 0) is 4.79 Å². The molecule has 6 rings (SSSR count). The molecule has 37 heavy (non-hydrogen) atoms. The van der Waals surface area contributed by atoms with Gasteiger partial charge in [0.15, 0.2) is 0 Å². The highest BCUT2D eigenvalue weighted by molar-refractivity contribution is 6.07. The fourth-order valence-corrected chi connectivity index (χ4v) is 5.65. The van der Waals surface area contributed by atoms with Crippen LogP contribution >= 0.6 is 0 Å². The van der Waals surface area contributed by atoms with Crippen molar-refractivity contribution >= 4 is 28.4 Å². The lowest BCUT2D eigenvalue weighted by Crippen LogP contribution is -2.52. The second kappa shape index (κ2) is 10.0. The number of amides is 2. The summed E-state index contributed by atoms with van der Waals surface area (Å²) >= 11 is 0. The Kier molecular flexibility index (Phi) is 6.42. The molecule has 0 unspecified atom stereocenters. The minimum Gasteiger partial charge on any atom is -0.490 e. The van der Waals surface area contributed by atoms with E-state index in [4.69, 9.17) is 4.74 Å². The van der Waals surface area contributed by atoms with Gasteiger partial charge in [0, 0.05) is 44.0 Å². The molecule has 1 N–H and O–H groups in total. The van der Waals surface area contributed by atoms with Crippen molar-refractivity contribution in [1.29, 1.82) is 0 Å². The van der Waals surface area contributed by atoms with Crippen LogP contribution in [0, 0.1) is 0 Å². The highest BCUT2D eigenvalue weighted by Crippen LogP contribution is 2.29. The Morgan fingerprint density at radius 1 is 0.865 bits per heavy atom. The van der Waals surface area contributed by atoms with Crippen LogP contribution in [0.1, 0.15) is 42.5 Å². The number of para-hydroxylation sites is 1. The first-order valence-electron chi connectivity index (χ1n) is 13.3. The molecule has 0 spiro atoms. The van der Waals surface area contributed by atoms with Crippen molar-refractivity contribution in [2.75, 3.05) is 37.6 Å². The summed E-state index contributed by atoms with van der Waals surface area (Å²) in [4.78, 5) is 46.7. The monoisotopic (exact) mass is 500 g/mol. The van der Waals surface area contributed by atoms with Crippen molar-refractivity contribution < 1.29 is 14.3 Å². The number of fused-ring (bicyclic) bond motifs is 1. The number of likely N-dealkylation sites (tertiary alicyclic amines) is 1. The van der Waals surface area contributed by atoms with Crippen molar-refractivity contribution in [1.82, 2.24) is 14.8 Å². The summed E-state index contributed by atoms with van der Waals surface area (Å²) in [6, 6.07) is 17.0. The third-order valence-electron chi connectivity index (χ3n) is 8.02. The van der Waals surface area contributed by atoms with Gasteiger partial charge in [-0.1, -0.05) is 18.6 Å². The van der Waals surface area contributed by atoms with Gasteiger partial charge >= 0.3 is 0 Å². The molecule has 8 nitrogen and oxygen atoms in total. The molecule has 192 valence electrons. The van der Waals surface area contributed by atoms with Gasteiger partial charge in [-0.05, 0) is 67.5 Å². The van der Waals surface area contributed by atoms with Crippen LogP contribution < -0.4 is 15.2 Å². The third kappa shape index (κ3) is 4.85. The summed E-state index contributed by atoms with van der Waals surface area (Å²) in [5.41, 5.74) is 1.44. The van der Waals surface area contributed by atoms with E-state index in [-0.39, 0.29) is 30.0 Å². The van der Waals surface area contributed by atoms with Gasteiger partial charge in [-0.25, -0.2) is 0 Å². The van der Waals surface area contributed by atoms with Gasteiger partial charge in [0.25, 0.3) is 5.91 Å². The van der Waals surface area contributed by atoms with Crippen LogP contribution in [0.4, 0.5) is 5.69 Å². The van der Waals surface area contributed by atoms with Gasteiger partial charge in [-0.15, -0.1) is 0 Å². The summed E-state index contributed by atoms with van der Waals surface area (Å²) < 4.78 is 6.24. The van der Waals surface area contributed by atoms with E-state index >= 15 is 0 Å². The Morgan fingerprint density at radius 2 is 1.65 bits per heavy atom. The maximum atomic E-state index is 13.2. The molecule has 1 aromatic heterocycles. The highest BCUT2D eigenvalue weighted by atomic mass is 16.5.